The number of carbonyl (C=O) groups is 3. The molecule has 1 aromatic carbocycles. The maximum Gasteiger partial charge on any atom is 0.323 e. The third-order valence-electron chi connectivity index (χ3n) is 7.46. The third-order valence-corrected chi connectivity index (χ3v) is 9.01. The highest BCUT2D eigenvalue weighted by molar-refractivity contribution is 7.14. The first-order valence-electron chi connectivity index (χ1n) is 13.7. The van der Waals surface area contributed by atoms with Crippen molar-refractivity contribution in [2.45, 2.75) is 65.8 Å². The molecule has 3 heterocycles. The van der Waals surface area contributed by atoms with Crippen LogP contribution in [0.15, 0.2) is 36.5 Å². The zero-order valence-electron chi connectivity index (χ0n) is 24.9. The van der Waals surface area contributed by atoms with E-state index in [1.54, 1.807) is 55.9 Å². The van der Waals surface area contributed by atoms with Gasteiger partial charge in [-0.05, 0) is 68.0 Å². The van der Waals surface area contributed by atoms with Gasteiger partial charge in [-0.2, -0.15) is 0 Å². The van der Waals surface area contributed by atoms with Crippen LogP contribution in [0.3, 0.4) is 0 Å². The Kier molecular flexibility index (Phi) is 8.27. The van der Waals surface area contributed by atoms with Crippen LogP contribution in [0.5, 0.6) is 0 Å². The maximum atomic E-state index is 14.9. The van der Waals surface area contributed by atoms with Gasteiger partial charge < -0.3 is 20.4 Å². The standard InChI is InChI=1S/C31H38FN5O3S/c1-9-20-11-10-19(17-33-20)22-14-21(15-23(32)18(22)2)34-29(40)35-24-16-25(30(3,4)5)41-26(24)27(38)37-13-12-36(8)28(39)31(37,6)7/h10-11,14-17H,9,12-13H2,1-8H3,(H2,34,35,40). The molecule has 10 heteroatoms. The number of rotatable bonds is 5. The lowest BCUT2D eigenvalue weighted by atomic mass is 9.94. The summed E-state index contributed by atoms with van der Waals surface area (Å²) in [5.74, 6) is -0.923. The number of aryl methyl sites for hydroxylation is 1. The molecule has 1 aliphatic rings. The number of hydrogen-bond donors (Lipinski definition) is 2. The molecule has 3 aromatic rings. The van der Waals surface area contributed by atoms with Crippen LogP contribution in [0, 0.1) is 12.7 Å². The van der Waals surface area contributed by atoms with Crippen molar-refractivity contribution in [3.8, 4) is 11.1 Å². The fraction of sp³-hybridized carbons (Fsp3) is 0.419. The van der Waals surface area contributed by atoms with E-state index in [0.717, 1.165) is 22.6 Å². The van der Waals surface area contributed by atoms with Gasteiger partial charge in [0.25, 0.3) is 5.91 Å². The van der Waals surface area contributed by atoms with Crippen molar-refractivity contribution in [3.63, 3.8) is 0 Å². The molecule has 2 N–H and O–H groups in total. The highest BCUT2D eigenvalue weighted by atomic mass is 32.1. The van der Waals surface area contributed by atoms with E-state index < -0.39 is 17.4 Å². The van der Waals surface area contributed by atoms with Gasteiger partial charge in [0.1, 0.15) is 16.2 Å². The summed E-state index contributed by atoms with van der Waals surface area (Å²) in [5, 5.41) is 5.53. The van der Waals surface area contributed by atoms with E-state index in [-0.39, 0.29) is 22.9 Å². The van der Waals surface area contributed by atoms with Gasteiger partial charge in [-0.15, -0.1) is 11.3 Å². The molecule has 0 saturated carbocycles. The number of nitrogens with one attached hydrogen (secondary N) is 2. The van der Waals surface area contributed by atoms with Gasteiger partial charge >= 0.3 is 6.03 Å². The minimum Gasteiger partial charge on any atom is -0.342 e. The van der Waals surface area contributed by atoms with Crippen LogP contribution in [-0.2, 0) is 16.6 Å². The number of thiophene rings is 1. The van der Waals surface area contributed by atoms with Gasteiger partial charge in [-0.25, -0.2) is 9.18 Å². The Morgan fingerprint density at radius 3 is 2.44 bits per heavy atom. The number of urea groups is 1. The number of likely N-dealkylation sites (N-methyl/N-ethyl adjacent to an activating group) is 1. The number of halogens is 1. The first-order chi connectivity index (χ1) is 19.1. The van der Waals surface area contributed by atoms with Gasteiger partial charge in [0, 0.05) is 48.2 Å². The summed E-state index contributed by atoms with van der Waals surface area (Å²) < 4.78 is 14.9. The largest absolute Gasteiger partial charge is 0.342 e. The SMILES string of the molecule is CCc1ccc(-c2cc(NC(=O)Nc3cc(C(C)(C)C)sc3C(=O)N3CCN(C)C(=O)C3(C)C)cc(F)c2C)cn1. The molecule has 0 bridgehead atoms. The fourth-order valence-corrected chi connectivity index (χ4v) is 5.95. The Hall–Kier alpha value is -3.79. The Morgan fingerprint density at radius 2 is 1.83 bits per heavy atom. The number of benzene rings is 1. The van der Waals surface area contributed by atoms with Gasteiger partial charge in [-0.1, -0.05) is 33.8 Å². The van der Waals surface area contributed by atoms with Crippen molar-refractivity contribution < 1.29 is 18.8 Å². The smallest absolute Gasteiger partial charge is 0.323 e. The lowest BCUT2D eigenvalue weighted by molar-refractivity contribution is -0.144. The van der Waals surface area contributed by atoms with Crippen molar-refractivity contribution >= 4 is 40.6 Å². The van der Waals surface area contributed by atoms with Crippen molar-refractivity contribution in [1.82, 2.24) is 14.8 Å². The average Bonchev–Trinajstić information content (AvgIpc) is 3.33. The van der Waals surface area contributed by atoms with Gasteiger partial charge in [-0.3, -0.25) is 14.6 Å². The first-order valence-corrected chi connectivity index (χ1v) is 14.5. The van der Waals surface area contributed by atoms with Crippen LogP contribution < -0.4 is 10.6 Å². The average molecular weight is 580 g/mol. The molecule has 41 heavy (non-hydrogen) atoms. The van der Waals surface area contributed by atoms with Crippen molar-refractivity contribution in [1.29, 1.82) is 0 Å². The van der Waals surface area contributed by atoms with Gasteiger partial charge in [0.2, 0.25) is 5.91 Å². The van der Waals surface area contributed by atoms with Crippen LogP contribution >= 0.6 is 11.3 Å². The number of amides is 4. The van der Waals surface area contributed by atoms with E-state index in [1.165, 1.54) is 17.4 Å². The predicted octanol–water partition coefficient (Wildman–Crippen LogP) is 6.45. The predicted molar refractivity (Wildman–Crippen MR) is 162 cm³/mol. The molecule has 2 aromatic heterocycles. The summed E-state index contributed by atoms with van der Waals surface area (Å²) in [5.41, 5.74) is 2.05. The van der Waals surface area contributed by atoms with E-state index >= 15 is 0 Å². The molecule has 1 fully saturated rings. The van der Waals surface area contributed by atoms with E-state index in [9.17, 15) is 18.8 Å². The number of pyridine rings is 1. The normalized spacial score (nSPS) is 15.2. The zero-order chi connectivity index (χ0) is 30.3. The van der Waals surface area contributed by atoms with Crippen LogP contribution in [-0.4, -0.2) is 58.3 Å². The molecule has 0 atom stereocenters. The van der Waals surface area contributed by atoms with Crippen molar-refractivity contribution in [3.05, 3.63) is 63.4 Å². The van der Waals surface area contributed by atoms with E-state index in [4.69, 9.17) is 0 Å². The quantitative estimate of drug-likeness (QED) is 0.363. The number of anilines is 2. The maximum absolute atomic E-state index is 14.9. The minimum absolute atomic E-state index is 0.145. The van der Waals surface area contributed by atoms with Gasteiger partial charge in [0.05, 0.1) is 5.69 Å². The highest BCUT2D eigenvalue weighted by Gasteiger charge is 2.44. The molecule has 4 rings (SSSR count). The van der Waals surface area contributed by atoms with E-state index in [2.05, 4.69) is 15.6 Å². The molecule has 0 radical (unpaired) electrons. The lowest BCUT2D eigenvalue weighted by Crippen LogP contribution is -2.63. The van der Waals surface area contributed by atoms with Crippen molar-refractivity contribution in [2.24, 2.45) is 0 Å². The van der Waals surface area contributed by atoms with Crippen LogP contribution in [0.2, 0.25) is 0 Å². The zero-order valence-corrected chi connectivity index (χ0v) is 25.8. The second-order valence-corrected chi connectivity index (χ2v) is 13.0. The van der Waals surface area contributed by atoms with E-state index in [1.807, 2.05) is 39.8 Å². The Labute approximate surface area is 245 Å². The summed E-state index contributed by atoms with van der Waals surface area (Å²) in [7, 11) is 1.72. The highest BCUT2D eigenvalue weighted by Crippen LogP contribution is 2.38. The van der Waals surface area contributed by atoms with Crippen LogP contribution in [0.4, 0.5) is 20.6 Å². The number of aromatic nitrogens is 1. The number of nitrogens with zero attached hydrogens (tertiary/aromatic N) is 3. The molecule has 0 spiro atoms. The molecule has 8 nitrogen and oxygen atoms in total. The second-order valence-electron chi connectivity index (χ2n) is 11.9. The topological polar surface area (TPSA) is 94.6 Å². The molecule has 0 aliphatic carbocycles. The molecule has 1 saturated heterocycles. The summed E-state index contributed by atoms with van der Waals surface area (Å²) in [4.78, 5) is 48.7. The van der Waals surface area contributed by atoms with Crippen LogP contribution in [0.25, 0.3) is 11.1 Å². The Balaban J connectivity index is 1.62. The molecule has 218 valence electrons. The third kappa shape index (κ3) is 6.12. The Morgan fingerprint density at radius 1 is 1.12 bits per heavy atom. The monoisotopic (exact) mass is 579 g/mol. The molecule has 0 unspecified atom stereocenters. The first kappa shape index (κ1) is 30.2. The van der Waals surface area contributed by atoms with Crippen molar-refractivity contribution in [2.75, 3.05) is 30.8 Å². The Bertz CT molecular complexity index is 1490. The number of carbonyl (C=O) groups excluding carboxylic acids is 3. The van der Waals surface area contributed by atoms with E-state index in [0.29, 0.717) is 34.8 Å². The lowest BCUT2D eigenvalue weighted by Gasteiger charge is -2.44. The van der Waals surface area contributed by atoms with Gasteiger partial charge in [0.15, 0.2) is 0 Å². The summed E-state index contributed by atoms with van der Waals surface area (Å²) in [6.07, 6.45) is 2.49. The molecular weight excluding hydrogens is 541 g/mol. The molecule has 1 aliphatic heterocycles. The van der Waals surface area contributed by atoms with Crippen LogP contribution in [0.1, 0.15) is 67.3 Å². The summed E-state index contributed by atoms with van der Waals surface area (Å²) in [6.45, 7) is 14.0. The molecule has 4 amide bonds. The minimum atomic E-state index is -1.03. The summed E-state index contributed by atoms with van der Waals surface area (Å²) in [6, 6.07) is 7.95. The molecular formula is C31H38FN5O3S. The number of hydrogen-bond acceptors (Lipinski definition) is 5. The number of piperazine rings is 1. The fourth-order valence-electron chi connectivity index (χ4n) is 4.83. The summed E-state index contributed by atoms with van der Waals surface area (Å²) >= 11 is 1.30. The second kappa shape index (κ2) is 11.2.